The van der Waals surface area contributed by atoms with Gasteiger partial charge in [0.05, 0.1) is 23.7 Å². The molecule has 0 saturated carbocycles. The van der Waals surface area contributed by atoms with E-state index < -0.39 is 6.36 Å². The van der Waals surface area contributed by atoms with Crippen molar-refractivity contribution in [2.45, 2.75) is 19.7 Å². The first-order chi connectivity index (χ1) is 16.5. The summed E-state index contributed by atoms with van der Waals surface area (Å²) in [7, 11) is 1.88. The zero-order valence-corrected chi connectivity index (χ0v) is 19.1. The minimum Gasteiger partial charge on any atom is -0.461 e. The minimum absolute atomic E-state index is 0.0699. The number of amides is 1. The number of halogens is 1. The summed E-state index contributed by atoms with van der Waals surface area (Å²) in [5.41, 5.74) is 3.58. The predicted octanol–water partition coefficient (Wildman–Crippen LogP) is 2.94. The molecule has 1 unspecified atom stereocenters. The van der Waals surface area contributed by atoms with Gasteiger partial charge < -0.3 is 19.5 Å². The van der Waals surface area contributed by atoms with Gasteiger partial charge in [-0.05, 0) is 23.8 Å². The molecule has 1 aromatic carbocycles. The summed E-state index contributed by atoms with van der Waals surface area (Å²) in [6.07, 6.45) is 4.26. The van der Waals surface area contributed by atoms with Crippen LogP contribution < -0.4 is 9.64 Å². The van der Waals surface area contributed by atoms with Gasteiger partial charge in [0, 0.05) is 51.9 Å². The van der Waals surface area contributed by atoms with Crippen LogP contribution in [0.3, 0.4) is 0 Å². The maximum Gasteiger partial charge on any atom is 0.235 e. The van der Waals surface area contributed by atoms with Crippen LogP contribution in [0, 0.1) is 0 Å². The highest BCUT2D eigenvalue weighted by molar-refractivity contribution is 5.92. The Morgan fingerprint density at radius 1 is 1.18 bits per heavy atom. The molecule has 0 bridgehead atoms. The summed E-state index contributed by atoms with van der Waals surface area (Å²) >= 11 is 0. The Hall–Kier alpha value is -3.95. The number of nitrogens with one attached hydrogen (secondary N) is 1. The third-order valence-corrected chi connectivity index (χ3v) is 5.93. The van der Waals surface area contributed by atoms with Crippen molar-refractivity contribution in [1.82, 2.24) is 29.6 Å². The van der Waals surface area contributed by atoms with Crippen LogP contribution in [0.15, 0.2) is 49.1 Å². The first-order valence-corrected chi connectivity index (χ1v) is 11.2. The summed E-state index contributed by atoms with van der Waals surface area (Å²) in [4.78, 5) is 29.2. The van der Waals surface area contributed by atoms with Gasteiger partial charge in [0.15, 0.2) is 0 Å². The molecule has 0 radical (unpaired) electrons. The van der Waals surface area contributed by atoms with E-state index in [9.17, 15) is 9.18 Å². The maximum atomic E-state index is 13.0. The molecule has 34 heavy (non-hydrogen) atoms. The molecule has 1 N–H and O–H groups in total. The monoisotopic (exact) mass is 463 g/mol. The van der Waals surface area contributed by atoms with Crippen LogP contribution in [0.5, 0.6) is 5.75 Å². The van der Waals surface area contributed by atoms with Crippen molar-refractivity contribution >= 4 is 22.8 Å². The molecular weight excluding hydrogens is 437 g/mol. The number of fused-ring (bicyclic) bond motifs is 1. The minimum atomic E-state index is -1.37. The molecule has 1 aliphatic rings. The second-order valence-electron chi connectivity index (χ2n) is 8.39. The Morgan fingerprint density at radius 3 is 2.62 bits per heavy atom. The van der Waals surface area contributed by atoms with Crippen molar-refractivity contribution in [1.29, 1.82) is 0 Å². The number of carbonyl (C=O) groups is 1. The molecule has 0 aliphatic carbocycles. The largest absolute Gasteiger partial charge is 0.461 e. The van der Waals surface area contributed by atoms with E-state index in [1.807, 2.05) is 24.3 Å². The van der Waals surface area contributed by atoms with Crippen LogP contribution in [0.4, 0.5) is 10.2 Å². The third-order valence-electron chi connectivity index (χ3n) is 5.93. The van der Waals surface area contributed by atoms with Crippen LogP contribution >= 0.6 is 0 Å². The summed E-state index contributed by atoms with van der Waals surface area (Å²) in [5.74, 6) is 1.38. The fourth-order valence-electron chi connectivity index (χ4n) is 4.22. The number of hydrogen-bond acceptors (Lipinski definition) is 6. The Labute approximate surface area is 196 Å². The number of aromatic amines is 1. The number of hydrogen-bond donors (Lipinski definition) is 1. The number of H-pyrrole nitrogens is 1. The third kappa shape index (κ3) is 4.57. The summed E-state index contributed by atoms with van der Waals surface area (Å²) < 4.78 is 19.7. The van der Waals surface area contributed by atoms with Crippen LogP contribution in [-0.2, 0) is 18.3 Å². The lowest BCUT2D eigenvalue weighted by Gasteiger charge is -2.35. The molecule has 176 valence electrons. The molecule has 4 aromatic rings. The zero-order chi connectivity index (χ0) is 23.7. The number of aryl methyl sites for hydroxylation is 1. The lowest BCUT2D eigenvalue weighted by atomic mass is 10.1. The van der Waals surface area contributed by atoms with E-state index in [0.717, 1.165) is 33.7 Å². The normalized spacial score (nSPS) is 15.0. The van der Waals surface area contributed by atoms with Gasteiger partial charge in [0.1, 0.15) is 23.5 Å². The second-order valence-corrected chi connectivity index (χ2v) is 8.39. The highest BCUT2D eigenvalue weighted by Crippen LogP contribution is 2.29. The first-order valence-electron chi connectivity index (χ1n) is 11.2. The van der Waals surface area contributed by atoms with Gasteiger partial charge in [-0.25, -0.2) is 14.4 Å². The number of carbonyl (C=O) groups excluding carboxylic acids is 1. The SMILES string of the molecule is CC(F)Oc1ccc(CC(=O)N2CCN(c3ncnc4[nH]c(-c5cnn(C)c5)cc34)CC2)cc1. The topological polar surface area (TPSA) is 92.2 Å². The fraction of sp³-hybridized carbons (Fsp3) is 0.333. The van der Waals surface area contributed by atoms with Crippen molar-refractivity contribution < 1.29 is 13.9 Å². The van der Waals surface area contributed by atoms with E-state index in [4.69, 9.17) is 4.74 Å². The number of ether oxygens (including phenoxy) is 1. The van der Waals surface area contributed by atoms with Gasteiger partial charge in [-0.3, -0.25) is 9.48 Å². The fourth-order valence-corrected chi connectivity index (χ4v) is 4.22. The molecule has 10 heteroatoms. The van der Waals surface area contributed by atoms with Gasteiger partial charge in [0.25, 0.3) is 0 Å². The molecule has 1 amide bonds. The molecule has 1 aliphatic heterocycles. The summed E-state index contributed by atoms with van der Waals surface area (Å²) in [6.45, 7) is 3.94. The Balaban J connectivity index is 1.23. The lowest BCUT2D eigenvalue weighted by molar-refractivity contribution is -0.130. The molecule has 3 aromatic heterocycles. The Kier molecular flexibility index (Phi) is 5.87. The Morgan fingerprint density at radius 2 is 1.94 bits per heavy atom. The van der Waals surface area contributed by atoms with Gasteiger partial charge in [0.2, 0.25) is 12.3 Å². The maximum absolute atomic E-state index is 13.0. The summed E-state index contributed by atoms with van der Waals surface area (Å²) in [5, 5.41) is 5.19. The van der Waals surface area contributed by atoms with E-state index in [1.165, 1.54) is 6.92 Å². The molecule has 9 nitrogen and oxygen atoms in total. The zero-order valence-electron chi connectivity index (χ0n) is 19.1. The quantitative estimate of drug-likeness (QED) is 0.473. The van der Waals surface area contributed by atoms with Crippen LogP contribution in [0.2, 0.25) is 0 Å². The standard InChI is InChI=1S/C24H26FN7O2/c1-16(25)34-19-5-3-17(4-6-19)11-22(33)31-7-9-32(10-8-31)24-20-12-21(18-13-28-30(2)14-18)29-23(20)26-15-27-24/h3-6,12-16H,7-11H2,1-2H3,(H,26,27,29). The molecular formula is C24H26FN7O2. The number of piperazine rings is 1. The number of alkyl halides is 1. The molecule has 1 atom stereocenters. The summed E-state index contributed by atoms with van der Waals surface area (Å²) in [6, 6.07) is 9.03. The number of benzene rings is 1. The van der Waals surface area contributed by atoms with Crippen molar-refractivity contribution in [2.75, 3.05) is 31.1 Å². The van der Waals surface area contributed by atoms with Crippen LogP contribution in [-0.4, -0.2) is 68.1 Å². The van der Waals surface area contributed by atoms with Crippen LogP contribution in [0.1, 0.15) is 12.5 Å². The van der Waals surface area contributed by atoms with E-state index >= 15 is 0 Å². The van der Waals surface area contributed by atoms with E-state index in [1.54, 1.807) is 35.3 Å². The van der Waals surface area contributed by atoms with Gasteiger partial charge in [-0.15, -0.1) is 0 Å². The van der Waals surface area contributed by atoms with Gasteiger partial charge >= 0.3 is 0 Å². The average molecular weight is 464 g/mol. The number of nitrogens with zero attached hydrogens (tertiary/aromatic N) is 6. The Bertz CT molecular complexity index is 1290. The highest BCUT2D eigenvalue weighted by atomic mass is 19.1. The number of rotatable bonds is 6. The van der Waals surface area contributed by atoms with Crippen molar-refractivity contribution in [2.24, 2.45) is 7.05 Å². The second kappa shape index (κ2) is 9.12. The van der Waals surface area contributed by atoms with Crippen molar-refractivity contribution in [3.05, 3.63) is 54.6 Å². The van der Waals surface area contributed by atoms with E-state index in [-0.39, 0.29) is 5.91 Å². The van der Waals surface area contributed by atoms with Crippen molar-refractivity contribution in [3.8, 4) is 17.0 Å². The number of aromatic nitrogens is 5. The molecule has 1 fully saturated rings. The first kappa shape index (κ1) is 21.9. The number of anilines is 1. The van der Waals surface area contributed by atoms with E-state index in [0.29, 0.717) is 38.3 Å². The van der Waals surface area contributed by atoms with E-state index in [2.05, 4.69) is 31.0 Å². The van der Waals surface area contributed by atoms with Crippen LogP contribution in [0.25, 0.3) is 22.3 Å². The molecule has 4 heterocycles. The van der Waals surface area contributed by atoms with Gasteiger partial charge in [-0.2, -0.15) is 5.10 Å². The predicted molar refractivity (Wildman–Crippen MR) is 126 cm³/mol. The highest BCUT2D eigenvalue weighted by Gasteiger charge is 2.24. The molecule has 5 rings (SSSR count). The lowest BCUT2D eigenvalue weighted by Crippen LogP contribution is -2.49. The van der Waals surface area contributed by atoms with Crippen molar-refractivity contribution in [3.63, 3.8) is 0 Å². The van der Waals surface area contributed by atoms with Gasteiger partial charge in [-0.1, -0.05) is 12.1 Å². The molecule has 0 spiro atoms. The average Bonchev–Trinajstić information content (AvgIpc) is 3.46. The smallest absolute Gasteiger partial charge is 0.235 e. The molecule has 1 saturated heterocycles.